The van der Waals surface area contributed by atoms with Crippen molar-refractivity contribution in [3.05, 3.63) is 40.7 Å². The molecule has 0 radical (unpaired) electrons. The van der Waals surface area contributed by atoms with E-state index in [-0.39, 0.29) is 68.7 Å². The minimum absolute atomic E-state index is 0.0623. The Morgan fingerprint density at radius 2 is 2.03 bits per heavy atom. The molecule has 0 bridgehead atoms. The molecule has 0 amide bonds. The van der Waals surface area contributed by atoms with E-state index in [9.17, 15) is 14.8 Å². The molecule has 37 heavy (non-hydrogen) atoms. The number of aromatic nitrogens is 3. The molecule has 4 aromatic rings. The number of pyridine rings is 1. The molecule has 0 spiro atoms. The zero-order chi connectivity index (χ0) is 26.0. The van der Waals surface area contributed by atoms with Crippen molar-refractivity contribution in [2.45, 2.75) is 45.2 Å². The van der Waals surface area contributed by atoms with Gasteiger partial charge in [-0.2, -0.15) is 5.26 Å². The van der Waals surface area contributed by atoms with Crippen molar-refractivity contribution in [3.63, 3.8) is 0 Å². The van der Waals surface area contributed by atoms with Crippen molar-refractivity contribution in [2.24, 2.45) is 0 Å². The van der Waals surface area contributed by atoms with Crippen molar-refractivity contribution in [2.75, 3.05) is 23.7 Å². The summed E-state index contributed by atoms with van der Waals surface area (Å²) in [7, 11) is 0. The number of hydrogen-bond acceptors (Lipinski definition) is 10. The molecular formula is C25H23F2N7O2S. The molecule has 5 heterocycles. The zero-order valence-corrected chi connectivity index (χ0v) is 20.9. The number of anilines is 2. The Morgan fingerprint density at radius 3 is 2.78 bits per heavy atom. The average molecular weight is 524 g/mol. The quantitative estimate of drug-likeness (QED) is 0.369. The van der Waals surface area contributed by atoms with Crippen LogP contribution in [0.3, 0.4) is 0 Å². The number of hydrogen-bond donors (Lipinski definition) is 3. The molecule has 2 atom stereocenters. The molecule has 0 aliphatic carbocycles. The van der Waals surface area contributed by atoms with E-state index in [1.54, 1.807) is 6.20 Å². The van der Waals surface area contributed by atoms with Gasteiger partial charge in [0.2, 0.25) is 5.95 Å². The fourth-order valence-corrected chi connectivity index (χ4v) is 6.15. The first-order chi connectivity index (χ1) is 17.8. The van der Waals surface area contributed by atoms with Gasteiger partial charge in [0.15, 0.2) is 11.6 Å². The van der Waals surface area contributed by atoms with Gasteiger partial charge < -0.3 is 25.8 Å². The van der Waals surface area contributed by atoms with Crippen LogP contribution in [0, 0.1) is 23.0 Å². The molecule has 1 fully saturated rings. The Bertz CT molecular complexity index is 1620. The number of benzene rings is 1. The summed E-state index contributed by atoms with van der Waals surface area (Å²) >= 11 is 0.930. The number of aliphatic hydroxyl groups excluding tert-OH is 1. The number of nitriles is 1. The van der Waals surface area contributed by atoms with Crippen LogP contribution >= 0.6 is 11.3 Å². The highest BCUT2D eigenvalue weighted by Crippen LogP contribution is 2.45. The second-order valence-electron chi connectivity index (χ2n) is 9.58. The molecule has 0 saturated carbocycles. The van der Waals surface area contributed by atoms with Crippen LogP contribution in [-0.2, 0) is 18.0 Å². The van der Waals surface area contributed by atoms with Gasteiger partial charge in [-0.25, -0.2) is 18.7 Å². The molecule has 9 nitrogen and oxygen atoms in total. The summed E-state index contributed by atoms with van der Waals surface area (Å²) in [5.41, 5.74) is 7.65. The number of fused-ring (bicyclic) bond motifs is 4. The van der Waals surface area contributed by atoms with E-state index < -0.39 is 17.7 Å². The third kappa shape index (κ3) is 3.69. The van der Waals surface area contributed by atoms with Crippen molar-refractivity contribution >= 4 is 43.3 Å². The highest BCUT2D eigenvalue weighted by molar-refractivity contribution is 7.23. The van der Waals surface area contributed by atoms with Crippen LogP contribution in [0.5, 0.6) is 0 Å². The van der Waals surface area contributed by atoms with E-state index in [4.69, 9.17) is 10.5 Å². The summed E-state index contributed by atoms with van der Waals surface area (Å²) < 4.78 is 36.8. The Morgan fingerprint density at radius 1 is 1.24 bits per heavy atom. The molecule has 3 aromatic heterocycles. The van der Waals surface area contributed by atoms with Gasteiger partial charge >= 0.3 is 0 Å². The first-order valence-corrected chi connectivity index (χ1v) is 12.6. The summed E-state index contributed by atoms with van der Waals surface area (Å²) in [5.74, 6) is -1.00. The van der Waals surface area contributed by atoms with Crippen LogP contribution in [-0.4, -0.2) is 51.3 Å². The average Bonchev–Trinajstić information content (AvgIpc) is 3.57. The summed E-state index contributed by atoms with van der Waals surface area (Å²) in [6.07, 6.45) is 1.96. The summed E-state index contributed by atoms with van der Waals surface area (Å²) in [6.45, 7) is 5.13. The van der Waals surface area contributed by atoms with Gasteiger partial charge in [-0.05, 0) is 11.1 Å². The maximum absolute atomic E-state index is 16.4. The second-order valence-corrected chi connectivity index (χ2v) is 10.6. The molecule has 1 saturated heterocycles. The SMILES string of the molecule is CC(C)N[C@@H]1CN(c2ncc3c4c(c(-c5ncc(F)c6sc(N)c(C#N)c56)c(F)c3n2)COC4)C[C@@H]1O. The standard InChI is InChI=1S/C25H23F2N7O2S/c1-10(2)32-16-6-34(7-17(16)35)25-31-4-12-13-8-36-9-14(13)18(20(27)21(12)33-25)22-19-11(3-28)24(29)37-23(19)15(26)5-30-22/h4-5,10,16-17,32,35H,6-9,29H2,1-2H3/t16-,17+/m1/s1. The number of aliphatic hydroxyl groups is 1. The van der Waals surface area contributed by atoms with Gasteiger partial charge in [-0.15, -0.1) is 11.3 Å². The van der Waals surface area contributed by atoms with Crippen molar-refractivity contribution in [1.82, 2.24) is 20.3 Å². The summed E-state index contributed by atoms with van der Waals surface area (Å²) in [6, 6.07) is 2.03. The van der Waals surface area contributed by atoms with Crippen molar-refractivity contribution in [3.8, 4) is 17.3 Å². The number of nitrogen functional groups attached to an aromatic ring is 1. The number of thiophene rings is 1. The Hall–Kier alpha value is -3.50. The largest absolute Gasteiger partial charge is 0.390 e. The monoisotopic (exact) mass is 523 g/mol. The summed E-state index contributed by atoms with van der Waals surface area (Å²) in [5, 5.41) is 24.4. The Labute approximate surface area is 214 Å². The number of nitrogens with one attached hydrogen (secondary N) is 1. The minimum Gasteiger partial charge on any atom is -0.390 e. The smallest absolute Gasteiger partial charge is 0.226 e. The molecule has 12 heteroatoms. The van der Waals surface area contributed by atoms with E-state index in [0.29, 0.717) is 24.0 Å². The Kier molecular flexibility index (Phi) is 5.68. The second kappa shape index (κ2) is 8.81. The van der Waals surface area contributed by atoms with Gasteiger partial charge in [-0.1, -0.05) is 13.8 Å². The molecule has 2 aliphatic heterocycles. The lowest BCUT2D eigenvalue weighted by atomic mass is 9.94. The molecular weight excluding hydrogens is 500 g/mol. The van der Waals surface area contributed by atoms with Gasteiger partial charge in [0, 0.05) is 41.7 Å². The van der Waals surface area contributed by atoms with Gasteiger partial charge in [0.1, 0.15) is 16.6 Å². The lowest BCUT2D eigenvalue weighted by Crippen LogP contribution is -2.42. The molecule has 6 rings (SSSR count). The first-order valence-electron chi connectivity index (χ1n) is 11.8. The summed E-state index contributed by atoms with van der Waals surface area (Å²) in [4.78, 5) is 15.1. The maximum Gasteiger partial charge on any atom is 0.226 e. The van der Waals surface area contributed by atoms with Crippen LogP contribution in [0.4, 0.5) is 19.7 Å². The normalized spacial score (nSPS) is 19.3. The zero-order valence-electron chi connectivity index (χ0n) is 20.0. The maximum atomic E-state index is 16.4. The number of ether oxygens (including phenoxy) is 1. The van der Waals surface area contributed by atoms with E-state index in [0.717, 1.165) is 23.1 Å². The lowest BCUT2D eigenvalue weighted by Gasteiger charge is -2.19. The molecule has 190 valence electrons. The predicted octanol–water partition coefficient (Wildman–Crippen LogP) is 3.22. The molecule has 2 aliphatic rings. The highest BCUT2D eigenvalue weighted by atomic mass is 32.1. The number of rotatable bonds is 4. The van der Waals surface area contributed by atoms with Crippen LogP contribution in [0.1, 0.15) is 30.5 Å². The van der Waals surface area contributed by atoms with Gasteiger partial charge in [-0.3, -0.25) is 4.98 Å². The van der Waals surface area contributed by atoms with Crippen LogP contribution in [0.2, 0.25) is 0 Å². The fourth-order valence-electron chi connectivity index (χ4n) is 5.23. The van der Waals surface area contributed by atoms with Crippen molar-refractivity contribution in [1.29, 1.82) is 5.26 Å². The van der Waals surface area contributed by atoms with E-state index in [1.807, 2.05) is 24.8 Å². The molecule has 1 aromatic carbocycles. The van der Waals surface area contributed by atoms with Gasteiger partial charge in [0.25, 0.3) is 0 Å². The fraction of sp³-hybridized carbons (Fsp3) is 0.360. The number of halogens is 2. The molecule has 4 N–H and O–H groups in total. The first kappa shape index (κ1) is 23.9. The van der Waals surface area contributed by atoms with Crippen LogP contribution in [0.15, 0.2) is 12.4 Å². The van der Waals surface area contributed by atoms with E-state index in [1.165, 1.54) is 0 Å². The topological polar surface area (TPSA) is 133 Å². The van der Waals surface area contributed by atoms with E-state index in [2.05, 4.69) is 20.3 Å². The van der Waals surface area contributed by atoms with E-state index >= 15 is 4.39 Å². The number of β-amino-alcohol motifs (C(OH)–C–C–N with tert-alkyl or cyclic N) is 1. The molecule has 0 unspecified atom stereocenters. The number of nitrogens with zero attached hydrogens (tertiary/aromatic N) is 5. The van der Waals surface area contributed by atoms with Crippen molar-refractivity contribution < 1.29 is 18.6 Å². The third-order valence-electron chi connectivity index (χ3n) is 6.85. The third-order valence-corrected chi connectivity index (χ3v) is 7.88. The lowest BCUT2D eigenvalue weighted by molar-refractivity contribution is 0.135. The predicted molar refractivity (Wildman–Crippen MR) is 136 cm³/mol. The van der Waals surface area contributed by atoms with Crippen LogP contribution in [0.25, 0.3) is 32.2 Å². The number of nitrogens with two attached hydrogens (primary N) is 1. The van der Waals surface area contributed by atoms with Crippen LogP contribution < -0.4 is 16.0 Å². The Balaban J connectivity index is 1.55. The van der Waals surface area contributed by atoms with Gasteiger partial charge in [0.05, 0.1) is 47.5 Å². The highest BCUT2D eigenvalue weighted by Gasteiger charge is 2.34. The minimum atomic E-state index is -0.659.